The monoisotopic (exact) mass is 324 g/mol. The van der Waals surface area contributed by atoms with Crippen molar-refractivity contribution in [1.29, 1.82) is 0 Å². The molecule has 0 atom stereocenters. The van der Waals surface area contributed by atoms with Crippen molar-refractivity contribution in [2.45, 2.75) is 6.54 Å². The van der Waals surface area contributed by atoms with Crippen LogP contribution in [0.5, 0.6) is 0 Å². The fourth-order valence-corrected chi connectivity index (χ4v) is 2.16. The fourth-order valence-electron chi connectivity index (χ4n) is 1.64. The van der Waals surface area contributed by atoms with E-state index in [2.05, 4.69) is 26.3 Å². The maximum Gasteiger partial charge on any atom is 0.106 e. The summed E-state index contributed by atoms with van der Waals surface area (Å²) in [5, 5.41) is 7.44. The molecule has 0 aliphatic carbocycles. The zero-order valence-electron chi connectivity index (χ0n) is 9.85. The largest absolute Gasteiger partial charge is 0.389 e. The molecule has 0 saturated carbocycles. The molecular weight excluding hydrogens is 312 g/mol. The maximum atomic E-state index is 5.72. The average molecular weight is 325 g/mol. The quantitative estimate of drug-likeness (QED) is 0.848. The summed E-state index contributed by atoms with van der Waals surface area (Å²) in [6.45, 7) is 0.674. The average Bonchev–Trinajstić information content (AvgIpc) is 2.73. The molecule has 0 amide bonds. The summed E-state index contributed by atoms with van der Waals surface area (Å²) in [4.78, 5) is 0.379. The van der Waals surface area contributed by atoms with Crippen LogP contribution in [0.2, 0.25) is 0 Å². The Morgan fingerprint density at radius 1 is 1.50 bits per heavy atom. The van der Waals surface area contributed by atoms with Gasteiger partial charge in [0.05, 0.1) is 12.2 Å². The van der Waals surface area contributed by atoms with Gasteiger partial charge in [-0.1, -0.05) is 28.1 Å². The van der Waals surface area contributed by atoms with Gasteiger partial charge >= 0.3 is 0 Å². The number of anilines is 1. The van der Waals surface area contributed by atoms with E-state index < -0.39 is 0 Å². The van der Waals surface area contributed by atoms with Gasteiger partial charge in [0.15, 0.2) is 0 Å². The van der Waals surface area contributed by atoms with Gasteiger partial charge in [0, 0.05) is 29.0 Å². The van der Waals surface area contributed by atoms with Crippen LogP contribution in [0.15, 0.2) is 34.9 Å². The van der Waals surface area contributed by atoms with E-state index in [0.717, 1.165) is 21.4 Å². The third kappa shape index (κ3) is 2.88. The molecule has 0 fully saturated rings. The van der Waals surface area contributed by atoms with Gasteiger partial charge in [-0.25, -0.2) is 0 Å². The van der Waals surface area contributed by atoms with E-state index in [1.165, 1.54) is 0 Å². The Morgan fingerprint density at radius 2 is 2.28 bits per heavy atom. The molecule has 94 valence electrons. The normalized spacial score (nSPS) is 10.3. The van der Waals surface area contributed by atoms with Crippen LogP contribution in [-0.4, -0.2) is 14.8 Å². The van der Waals surface area contributed by atoms with Crippen LogP contribution < -0.4 is 11.1 Å². The number of nitrogens with zero attached hydrogens (tertiary/aromatic N) is 2. The Balaban J connectivity index is 2.19. The zero-order chi connectivity index (χ0) is 13.1. The molecular formula is C12H13BrN4S. The lowest BCUT2D eigenvalue weighted by Gasteiger charge is -2.11. The molecule has 6 heteroatoms. The number of rotatable bonds is 4. The van der Waals surface area contributed by atoms with Crippen molar-refractivity contribution in [3.8, 4) is 0 Å². The SMILES string of the molecule is Cn1nccc1CNc1ccc(Br)cc1C(N)=S. The first-order chi connectivity index (χ1) is 8.58. The number of nitrogens with two attached hydrogens (primary N) is 1. The molecule has 2 aromatic rings. The number of thiocarbonyl (C=S) groups is 1. The van der Waals surface area contributed by atoms with Crippen molar-refractivity contribution in [1.82, 2.24) is 9.78 Å². The second-order valence-electron chi connectivity index (χ2n) is 3.85. The number of hydrogen-bond donors (Lipinski definition) is 2. The van der Waals surface area contributed by atoms with E-state index >= 15 is 0 Å². The fraction of sp³-hybridized carbons (Fsp3) is 0.167. The lowest BCUT2D eigenvalue weighted by Crippen LogP contribution is -2.14. The van der Waals surface area contributed by atoms with E-state index in [1.54, 1.807) is 6.20 Å². The number of nitrogens with one attached hydrogen (secondary N) is 1. The van der Waals surface area contributed by atoms with Gasteiger partial charge in [0.1, 0.15) is 4.99 Å². The highest BCUT2D eigenvalue weighted by atomic mass is 79.9. The van der Waals surface area contributed by atoms with Crippen LogP contribution in [0.3, 0.4) is 0 Å². The first-order valence-electron chi connectivity index (χ1n) is 5.38. The van der Waals surface area contributed by atoms with Gasteiger partial charge in [0.25, 0.3) is 0 Å². The summed E-state index contributed by atoms with van der Waals surface area (Å²) in [6.07, 6.45) is 1.77. The molecule has 0 spiro atoms. The molecule has 4 nitrogen and oxygen atoms in total. The minimum absolute atomic E-state index is 0.379. The second-order valence-corrected chi connectivity index (χ2v) is 5.21. The van der Waals surface area contributed by atoms with Gasteiger partial charge in [-0.15, -0.1) is 0 Å². The number of aromatic nitrogens is 2. The van der Waals surface area contributed by atoms with Crippen LogP contribution >= 0.6 is 28.1 Å². The minimum atomic E-state index is 0.379. The van der Waals surface area contributed by atoms with Gasteiger partial charge in [-0.2, -0.15) is 5.10 Å². The highest BCUT2D eigenvalue weighted by molar-refractivity contribution is 9.10. The third-order valence-corrected chi connectivity index (χ3v) is 3.34. The summed E-state index contributed by atoms with van der Waals surface area (Å²) in [6, 6.07) is 7.78. The van der Waals surface area contributed by atoms with E-state index in [-0.39, 0.29) is 0 Å². The molecule has 1 aromatic carbocycles. The van der Waals surface area contributed by atoms with Gasteiger partial charge in [0.2, 0.25) is 0 Å². The Hall–Kier alpha value is -1.40. The van der Waals surface area contributed by atoms with Crippen LogP contribution in [0.4, 0.5) is 5.69 Å². The summed E-state index contributed by atoms with van der Waals surface area (Å²) < 4.78 is 2.78. The number of hydrogen-bond acceptors (Lipinski definition) is 3. The molecule has 0 aliphatic heterocycles. The van der Waals surface area contributed by atoms with Crippen LogP contribution in [0.25, 0.3) is 0 Å². The summed E-state index contributed by atoms with van der Waals surface area (Å²) in [5.74, 6) is 0. The lowest BCUT2D eigenvalue weighted by molar-refractivity contribution is 0.720. The first-order valence-corrected chi connectivity index (χ1v) is 6.58. The molecule has 1 heterocycles. The van der Waals surface area contributed by atoms with Crippen LogP contribution in [-0.2, 0) is 13.6 Å². The summed E-state index contributed by atoms with van der Waals surface area (Å²) >= 11 is 8.46. The predicted octanol–water partition coefficient (Wildman–Crippen LogP) is 2.43. The smallest absolute Gasteiger partial charge is 0.106 e. The van der Waals surface area contributed by atoms with Gasteiger partial charge in [-0.3, -0.25) is 4.68 Å². The molecule has 2 rings (SSSR count). The number of aryl methyl sites for hydroxylation is 1. The molecule has 3 N–H and O–H groups in total. The summed E-state index contributed by atoms with van der Waals surface area (Å²) in [7, 11) is 1.91. The molecule has 18 heavy (non-hydrogen) atoms. The molecule has 0 saturated heterocycles. The lowest BCUT2D eigenvalue weighted by atomic mass is 10.1. The molecule has 0 radical (unpaired) electrons. The van der Waals surface area contributed by atoms with Crippen molar-refractivity contribution in [3.05, 3.63) is 46.2 Å². The minimum Gasteiger partial charge on any atom is -0.389 e. The van der Waals surface area contributed by atoms with Gasteiger partial charge < -0.3 is 11.1 Å². The van der Waals surface area contributed by atoms with Gasteiger partial charge in [-0.05, 0) is 24.3 Å². The number of benzene rings is 1. The number of halogens is 1. The topological polar surface area (TPSA) is 55.9 Å². The predicted molar refractivity (Wildman–Crippen MR) is 80.6 cm³/mol. The van der Waals surface area contributed by atoms with Crippen molar-refractivity contribution in [2.24, 2.45) is 12.8 Å². The Bertz CT molecular complexity index is 579. The highest BCUT2D eigenvalue weighted by Crippen LogP contribution is 2.21. The first kappa shape index (κ1) is 13.0. The van der Waals surface area contributed by atoms with Crippen LogP contribution in [0, 0.1) is 0 Å². The standard InChI is InChI=1S/C12H13BrN4S/c1-17-9(4-5-16-17)7-15-11-3-2-8(13)6-10(11)12(14)18/h2-6,15H,7H2,1H3,(H2,14,18). The van der Waals surface area contributed by atoms with E-state index in [9.17, 15) is 0 Å². The Morgan fingerprint density at radius 3 is 2.89 bits per heavy atom. The molecule has 0 unspecified atom stereocenters. The third-order valence-electron chi connectivity index (χ3n) is 2.63. The van der Waals surface area contributed by atoms with Crippen LogP contribution in [0.1, 0.15) is 11.3 Å². The molecule has 0 bridgehead atoms. The van der Waals surface area contributed by atoms with E-state index in [1.807, 2.05) is 36.0 Å². The Kier molecular flexibility index (Phi) is 3.98. The maximum absolute atomic E-state index is 5.72. The van der Waals surface area contributed by atoms with Crippen molar-refractivity contribution >= 4 is 38.8 Å². The van der Waals surface area contributed by atoms with Crippen molar-refractivity contribution < 1.29 is 0 Å². The van der Waals surface area contributed by atoms with Crippen molar-refractivity contribution in [3.63, 3.8) is 0 Å². The van der Waals surface area contributed by atoms with E-state index in [4.69, 9.17) is 18.0 Å². The van der Waals surface area contributed by atoms with E-state index in [0.29, 0.717) is 11.5 Å². The highest BCUT2D eigenvalue weighted by Gasteiger charge is 2.06. The summed E-state index contributed by atoms with van der Waals surface area (Å²) in [5.41, 5.74) is 8.56. The second kappa shape index (κ2) is 5.49. The zero-order valence-corrected chi connectivity index (χ0v) is 12.3. The molecule has 1 aromatic heterocycles. The van der Waals surface area contributed by atoms with Crippen molar-refractivity contribution in [2.75, 3.05) is 5.32 Å². The Labute approximate surface area is 119 Å². The molecule has 0 aliphatic rings.